The summed E-state index contributed by atoms with van der Waals surface area (Å²) < 4.78 is 5.18. The zero-order valence-corrected chi connectivity index (χ0v) is 15.5. The molecule has 4 amide bonds. The number of amides is 4. The van der Waals surface area contributed by atoms with Gasteiger partial charge < -0.3 is 4.74 Å². The average Bonchev–Trinajstić information content (AvgIpc) is 2.69. The fourth-order valence-electron chi connectivity index (χ4n) is 2.77. The minimum absolute atomic E-state index is 0.173. The van der Waals surface area contributed by atoms with Gasteiger partial charge in [0.15, 0.2) is 5.92 Å². The lowest BCUT2D eigenvalue weighted by Crippen LogP contribution is -2.58. The third-order valence-corrected chi connectivity index (χ3v) is 4.29. The lowest BCUT2D eigenvalue weighted by molar-refractivity contribution is -0.384. The van der Waals surface area contributed by atoms with Gasteiger partial charge in [0.1, 0.15) is 5.75 Å². The van der Waals surface area contributed by atoms with E-state index in [4.69, 9.17) is 4.74 Å². The molecule has 2 aromatic carbocycles. The third-order valence-electron chi connectivity index (χ3n) is 4.29. The number of nitro groups is 1. The molecule has 1 atom stereocenters. The van der Waals surface area contributed by atoms with Crippen molar-refractivity contribution in [3.8, 4) is 5.75 Å². The van der Waals surface area contributed by atoms with Crippen molar-refractivity contribution in [2.24, 2.45) is 10.9 Å². The molecule has 0 spiro atoms. The molecule has 0 saturated carbocycles. The molecule has 1 heterocycles. The first-order valence-corrected chi connectivity index (χ1v) is 8.44. The Morgan fingerprint density at radius 3 is 2.62 bits per heavy atom. The van der Waals surface area contributed by atoms with Crippen LogP contribution < -0.4 is 15.0 Å². The summed E-state index contributed by atoms with van der Waals surface area (Å²) in [6.07, 6.45) is 1.07. The number of non-ortho nitro benzene ring substituents is 1. The van der Waals surface area contributed by atoms with Crippen molar-refractivity contribution in [2.45, 2.75) is 6.92 Å². The zero-order chi connectivity index (χ0) is 21.1. The Morgan fingerprint density at radius 2 is 1.93 bits per heavy atom. The molecule has 1 N–H and O–H groups in total. The van der Waals surface area contributed by atoms with Crippen LogP contribution in [0.25, 0.3) is 0 Å². The van der Waals surface area contributed by atoms with Crippen LogP contribution >= 0.6 is 0 Å². The molecule has 1 saturated heterocycles. The Labute approximate surface area is 164 Å². The van der Waals surface area contributed by atoms with Gasteiger partial charge in [0, 0.05) is 18.3 Å². The smallest absolute Gasteiger partial charge is 0.335 e. The molecule has 29 heavy (non-hydrogen) atoms. The topological polar surface area (TPSA) is 131 Å². The van der Waals surface area contributed by atoms with Crippen molar-refractivity contribution in [2.75, 3.05) is 12.0 Å². The first kappa shape index (κ1) is 19.7. The van der Waals surface area contributed by atoms with E-state index in [1.807, 2.05) is 0 Å². The van der Waals surface area contributed by atoms with Gasteiger partial charge in [0.05, 0.1) is 23.4 Å². The van der Waals surface area contributed by atoms with E-state index in [2.05, 4.69) is 10.3 Å². The fraction of sp³-hybridized carbons (Fsp3) is 0.158. The van der Waals surface area contributed by atoms with E-state index in [9.17, 15) is 24.5 Å². The molecular formula is C19H16N4O6. The number of carbonyl (C=O) groups is 3. The van der Waals surface area contributed by atoms with Crippen LogP contribution in [-0.2, 0) is 9.59 Å². The maximum Gasteiger partial charge on any atom is 0.335 e. The molecule has 0 aliphatic carbocycles. The van der Waals surface area contributed by atoms with E-state index in [-0.39, 0.29) is 22.8 Å². The zero-order valence-electron chi connectivity index (χ0n) is 15.5. The Balaban J connectivity index is 1.95. The maximum absolute atomic E-state index is 12.9. The summed E-state index contributed by atoms with van der Waals surface area (Å²) in [7, 11) is 1.39. The summed E-state index contributed by atoms with van der Waals surface area (Å²) >= 11 is 0. The summed E-state index contributed by atoms with van der Waals surface area (Å²) in [5.41, 5.74) is 0.858. The molecule has 2 aromatic rings. The molecule has 3 rings (SSSR count). The van der Waals surface area contributed by atoms with E-state index >= 15 is 0 Å². The van der Waals surface area contributed by atoms with E-state index in [1.54, 1.807) is 25.1 Å². The van der Waals surface area contributed by atoms with Crippen LogP contribution in [0.15, 0.2) is 47.5 Å². The number of barbiturate groups is 1. The quantitative estimate of drug-likeness (QED) is 0.357. The van der Waals surface area contributed by atoms with Crippen LogP contribution in [0.1, 0.15) is 5.56 Å². The normalized spacial score (nSPS) is 16.8. The number of imide groups is 2. The second-order valence-electron chi connectivity index (χ2n) is 6.12. The van der Waals surface area contributed by atoms with Crippen molar-refractivity contribution in [3.05, 3.63) is 58.1 Å². The summed E-state index contributed by atoms with van der Waals surface area (Å²) in [6.45, 7) is 1.68. The predicted molar refractivity (Wildman–Crippen MR) is 103 cm³/mol. The fourth-order valence-corrected chi connectivity index (χ4v) is 2.77. The average molecular weight is 396 g/mol. The van der Waals surface area contributed by atoms with Gasteiger partial charge in [-0.15, -0.1) is 0 Å². The lowest BCUT2D eigenvalue weighted by Gasteiger charge is -2.29. The summed E-state index contributed by atoms with van der Waals surface area (Å²) in [5, 5.41) is 13.1. The van der Waals surface area contributed by atoms with E-state index in [1.165, 1.54) is 31.4 Å². The number of aryl methyl sites for hydroxylation is 1. The molecule has 1 aliphatic heterocycles. The van der Waals surface area contributed by atoms with Crippen LogP contribution in [0.3, 0.4) is 0 Å². The standard InChI is InChI=1S/C19H16N4O6/c1-11-7-8-12(23(27)28)9-14(11)20-10-13-17(24)21-19(26)22(18(13)25)15-5-3-4-6-16(15)29-2/h3-10,13H,1-2H3,(H,21,24,26)/t13-/m0/s1. The molecular weight excluding hydrogens is 380 g/mol. The molecule has 0 unspecified atom stereocenters. The molecule has 1 fully saturated rings. The van der Waals surface area contributed by atoms with Gasteiger partial charge in [0.25, 0.3) is 11.6 Å². The van der Waals surface area contributed by atoms with Gasteiger partial charge >= 0.3 is 6.03 Å². The summed E-state index contributed by atoms with van der Waals surface area (Å²) in [5.74, 6) is -2.76. The SMILES string of the molecule is COc1ccccc1N1C(=O)NC(=O)[C@H](C=Nc2cc([N+](=O)[O-])ccc2C)C1=O. The van der Waals surface area contributed by atoms with Crippen LogP contribution in [0.4, 0.5) is 21.9 Å². The molecule has 148 valence electrons. The van der Waals surface area contributed by atoms with Crippen molar-refractivity contribution >= 4 is 41.1 Å². The van der Waals surface area contributed by atoms with Crippen molar-refractivity contribution in [1.29, 1.82) is 0 Å². The van der Waals surface area contributed by atoms with Gasteiger partial charge in [-0.1, -0.05) is 18.2 Å². The Bertz CT molecular complexity index is 1050. The number of ether oxygens (including phenoxy) is 1. The number of methoxy groups -OCH3 is 1. The molecule has 1 aliphatic rings. The molecule has 10 nitrogen and oxygen atoms in total. The van der Waals surface area contributed by atoms with Gasteiger partial charge in [-0.3, -0.25) is 30.0 Å². The molecule has 0 aromatic heterocycles. The first-order chi connectivity index (χ1) is 13.8. The van der Waals surface area contributed by atoms with Crippen LogP contribution in [0.2, 0.25) is 0 Å². The minimum Gasteiger partial charge on any atom is -0.495 e. The van der Waals surface area contributed by atoms with E-state index < -0.39 is 28.7 Å². The number of urea groups is 1. The first-order valence-electron chi connectivity index (χ1n) is 8.44. The summed E-state index contributed by atoms with van der Waals surface area (Å²) in [6, 6.07) is 9.54. The highest BCUT2D eigenvalue weighted by molar-refractivity contribution is 6.33. The van der Waals surface area contributed by atoms with E-state index in [0.29, 0.717) is 5.56 Å². The monoisotopic (exact) mass is 396 g/mol. The molecule has 0 radical (unpaired) electrons. The van der Waals surface area contributed by atoms with E-state index in [0.717, 1.165) is 11.1 Å². The van der Waals surface area contributed by atoms with Crippen LogP contribution in [-0.4, -0.2) is 36.1 Å². The number of benzene rings is 2. The Morgan fingerprint density at radius 1 is 1.21 bits per heavy atom. The van der Waals surface area contributed by atoms with Crippen LogP contribution in [0.5, 0.6) is 5.75 Å². The van der Waals surface area contributed by atoms with Gasteiger partial charge in [-0.2, -0.15) is 0 Å². The Hall–Kier alpha value is -4.08. The number of carbonyl (C=O) groups excluding carboxylic acids is 3. The summed E-state index contributed by atoms with van der Waals surface area (Å²) in [4.78, 5) is 52.6. The number of hydrogen-bond acceptors (Lipinski definition) is 7. The number of rotatable bonds is 5. The van der Waals surface area contributed by atoms with Crippen molar-refractivity contribution in [3.63, 3.8) is 0 Å². The van der Waals surface area contributed by atoms with Gasteiger partial charge in [-0.05, 0) is 24.6 Å². The predicted octanol–water partition coefficient (Wildman–Crippen LogP) is 2.51. The Kier molecular flexibility index (Phi) is 5.35. The number of para-hydroxylation sites is 2. The van der Waals surface area contributed by atoms with Gasteiger partial charge in [0.2, 0.25) is 5.91 Å². The van der Waals surface area contributed by atoms with Crippen LogP contribution in [0, 0.1) is 23.0 Å². The second-order valence-corrected chi connectivity index (χ2v) is 6.12. The number of anilines is 1. The number of nitrogens with one attached hydrogen (secondary N) is 1. The molecule has 10 heteroatoms. The highest BCUT2D eigenvalue weighted by Gasteiger charge is 2.41. The number of aliphatic imine (C=N–C) groups is 1. The lowest BCUT2D eigenvalue weighted by atomic mass is 10.1. The van der Waals surface area contributed by atoms with Crippen molar-refractivity contribution in [1.82, 2.24) is 5.32 Å². The number of nitro benzene ring substituents is 1. The number of hydrogen-bond donors (Lipinski definition) is 1. The largest absolute Gasteiger partial charge is 0.495 e. The van der Waals surface area contributed by atoms with Gasteiger partial charge in [-0.25, -0.2) is 9.69 Å². The molecule has 0 bridgehead atoms. The maximum atomic E-state index is 12.9. The second kappa shape index (κ2) is 7.89. The minimum atomic E-state index is -1.39. The van der Waals surface area contributed by atoms with Crippen molar-refractivity contribution < 1.29 is 24.0 Å². The number of nitrogens with zero attached hydrogens (tertiary/aromatic N) is 3. The third kappa shape index (κ3) is 3.81. The highest BCUT2D eigenvalue weighted by atomic mass is 16.6. The highest BCUT2D eigenvalue weighted by Crippen LogP contribution is 2.30.